The number of rotatable bonds is 2. The Kier molecular flexibility index (Phi) is 3.37. The van der Waals surface area contributed by atoms with Crippen molar-refractivity contribution in [3.05, 3.63) is 16.5 Å². The normalized spacial score (nSPS) is 32.6. The molecule has 2 saturated carbocycles. The van der Waals surface area contributed by atoms with Gasteiger partial charge in [0.1, 0.15) is 11.0 Å². The lowest BCUT2D eigenvalue weighted by Crippen LogP contribution is -2.42. The Morgan fingerprint density at radius 3 is 2.68 bits per heavy atom. The van der Waals surface area contributed by atoms with E-state index in [4.69, 9.17) is 28.9 Å². The van der Waals surface area contributed by atoms with Gasteiger partial charge in [-0.2, -0.15) is 0 Å². The molecule has 5 nitrogen and oxygen atoms in total. The summed E-state index contributed by atoms with van der Waals surface area (Å²) in [6.07, 6.45) is 3.28. The Morgan fingerprint density at radius 2 is 2.05 bits per heavy atom. The minimum absolute atomic E-state index is 0.0139. The molecule has 0 spiro atoms. The van der Waals surface area contributed by atoms with Crippen LogP contribution in [0.5, 0.6) is 0 Å². The van der Waals surface area contributed by atoms with Gasteiger partial charge in [-0.1, -0.05) is 11.6 Å². The van der Waals surface area contributed by atoms with Crippen molar-refractivity contribution in [2.45, 2.75) is 25.3 Å². The lowest BCUT2D eigenvalue weighted by atomic mass is 9.84. The Hall–Kier alpha value is -0.910. The number of hydrogen-bond acceptors (Lipinski definition) is 4. The lowest BCUT2D eigenvalue weighted by Gasteiger charge is -2.26. The number of nitrogens with one attached hydrogen (secondary N) is 1. The van der Waals surface area contributed by atoms with Gasteiger partial charge in [-0.05, 0) is 42.7 Å². The minimum atomic E-state index is -0.133. The van der Waals surface area contributed by atoms with Crippen molar-refractivity contribution < 1.29 is 4.79 Å². The first-order valence-corrected chi connectivity index (χ1v) is 7.06. The van der Waals surface area contributed by atoms with Crippen LogP contribution in [0, 0.1) is 17.8 Å². The number of fused-ring (bicyclic) bond motifs is 2. The first kappa shape index (κ1) is 13.1. The molecule has 19 heavy (non-hydrogen) atoms. The fraction of sp³-hybridized carbons (Fsp3) is 0.583. The fourth-order valence-electron chi connectivity index (χ4n) is 3.39. The molecule has 1 aromatic heterocycles. The van der Waals surface area contributed by atoms with E-state index in [9.17, 15) is 4.79 Å². The van der Waals surface area contributed by atoms with E-state index in [0.29, 0.717) is 17.7 Å². The molecule has 4 unspecified atom stereocenters. The highest BCUT2D eigenvalue weighted by Gasteiger charge is 2.49. The van der Waals surface area contributed by atoms with E-state index in [1.54, 1.807) is 0 Å². The molecule has 7 heteroatoms. The smallest absolute Gasteiger partial charge is 0.230 e. The van der Waals surface area contributed by atoms with Crippen LogP contribution in [-0.2, 0) is 4.79 Å². The topological polar surface area (TPSA) is 80.9 Å². The van der Waals surface area contributed by atoms with E-state index in [0.717, 1.165) is 19.3 Å². The summed E-state index contributed by atoms with van der Waals surface area (Å²) in [6, 6.07) is 1.43. The van der Waals surface area contributed by atoms with Gasteiger partial charge in [0, 0.05) is 12.1 Å². The average molecular weight is 301 g/mol. The Balaban J connectivity index is 1.75. The van der Waals surface area contributed by atoms with Gasteiger partial charge in [0.2, 0.25) is 11.2 Å². The maximum atomic E-state index is 12.3. The summed E-state index contributed by atoms with van der Waals surface area (Å²) in [5.74, 6) is 0.980. The molecule has 2 fully saturated rings. The molecule has 0 aliphatic heterocycles. The number of carbonyl (C=O) groups excluding carboxylic acids is 1. The second-order valence-electron chi connectivity index (χ2n) is 5.27. The van der Waals surface area contributed by atoms with Crippen LogP contribution in [0.15, 0.2) is 6.07 Å². The molecule has 3 rings (SSSR count). The highest BCUT2D eigenvalue weighted by Crippen LogP contribution is 2.47. The molecular formula is C12H14Cl2N4O. The van der Waals surface area contributed by atoms with E-state index >= 15 is 0 Å². The van der Waals surface area contributed by atoms with Crippen LogP contribution in [0.1, 0.15) is 19.3 Å². The average Bonchev–Trinajstić information content (AvgIpc) is 2.87. The van der Waals surface area contributed by atoms with E-state index in [-0.39, 0.29) is 28.3 Å². The first-order valence-electron chi connectivity index (χ1n) is 6.31. The SMILES string of the molecule is NC1C2CCC(C2)C1C(=O)Nc1cc(Cl)nc(Cl)n1. The quantitative estimate of drug-likeness (QED) is 0.647. The number of nitrogens with zero attached hydrogens (tertiary/aromatic N) is 2. The third-order valence-corrected chi connectivity index (χ3v) is 4.56. The monoisotopic (exact) mass is 300 g/mol. The zero-order valence-electron chi connectivity index (χ0n) is 10.1. The summed E-state index contributed by atoms with van der Waals surface area (Å²) in [5, 5.41) is 2.96. The fourth-order valence-corrected chi connectivity index (χ4v) is 3.80. The van der Waals surface area contributed by atoms with Crippen molar-refractivity contribution in [3.8, 4) is 0 Å². The third kappa shape index (κ3) is 2.42. The van der Waals surface area contributed by atoms with Gasteiger partial charge in [-0.15, -0.1) is 0 Å². The van der Waals surface area contributed by atoms with E-state index in [2.05, 4.69) is 15.3 Å². The maximum Gasteiger partial charge on any atom is 0.230 e. The predicted octanol–water partition coefficient (Wildman–Crippen LogP) is 2.10. The molecule has 1 heterocycles. The number of hydrogen-bond donors (Lipinski definition) is 2. The van der Waals surface area contributed by atoms with Gasteiger partial charge in [-0.25, -0.2) is 9.97 Å². The molecule has 0 aromatic carbocycles. The van der Waals surface area contributed by atoms with Gasteiger partial charge < -0.3 is 11.1 Å². The van der Waals surface area contributed by atoms with Crippen molar-refractivity contribution in [3.63, 3.8) is 0 Å². The lowest BCUT2D eigenvalue weighted by molar-refractivity contribution is -0.121. The highest BCUT2D eigenvalue weighted by molar-refractivity contribution is 6.32. The van der Waals surface area contributed by atoms with Crippen LogP contribution < -0.4 is 11.1 Å². The third-order valence-electron chi connectivity index (χ3n) is 4.20. The minimum Gasteiger partial charge on any atom is -0.327 e. The second-order valence-corrected chi connectivity index (χ2v) is 6.00. The Bertz CT molecular complexity index is 502. The molecule has 2 bridgehead atoms. The van der Waals surface area contributed by atoms with Gasteiger partial charge in [0.25, 0.3) is 0 Å². The number of carbonyl (C=O) groups is 1. The van der Waals surface area contributed by atoms with Gasteiger partial charge in [-0.3, -0.25) is 4.79 Å². The molecule has 4 atom stereocenters. The summed E-state index contributed by atoms with van der Waals surface area (Å²) < 4.78 is 0. The zero-order chi connectivity index (χ0) is 13.6. The van der Waals surface area contributed by atoms with E-state index < -0.39 is 0 Å². The largest absolute Gasteiger partial charge is 0.327 e. The molecular weight excluding hydrogens is 287 g/mol. The van der Waals surface area contributed by atoms with E-state index in [1.165, 1.54) is 6.07 Å². The molecule has 2 aliphatic carbocycles. The Morgan fingerprint density at radius 1 is 1.32 bits per heavy atom. The predicted molar refractivity (Wildman–Crippen MR) is 73.0 cm³/mol. The van der Waals surface area contributed by atoms with Crippen LogP contribution >= 0.6 is 23.2 Å². The zero-order valence-corrected chi connectivity index (χ0v) is 11.7. The van der Waals surface area contributed by atoms with Crippen LogP contribution in [0.2, 0.25) is 10.4 Å². The molecule has 1 amide bonds. The molecule has 0 radical (unpaired) electrons. The summed E-state index contributed by atoms with van der Waals surface area (Å²) in [6.45, 7) is 0. The van der Waals surface area contributed by atoms with E-state index in [1.807, 2.05) is 0 Å². The van der Waals surface area contributed by atoms with Crippen molar-refractivity contribution in [2.24, 2.45) is 23.5 Å². The summed E-state index contributed by atoms with van der Waals surface area (Å²) in [5.41, 5.74) is 6.13. The number of amides is 1. The number of halogens is 2. The van der Waals surface area contributed by atoms with Crippen molar-refractivity contribution in [1.82, 2.24) is 9.97 Å². The molecule has 102 valence electrons. The summed E-state index contributed by atoms with van der Waals surface area (Å²) >= 11 is 11.5. The summed E-state index contributed by atoms with van der Waals surface area (Å²) in [7, 11) is 0. The maximum absolute atomic E-state index is 12.3. The van der Waals surface area contributed by atoms with Crippen LogP contribution in [-0.4, -0.2) is 21.9 Å². The van der Waals surface area contributed by atoms with Crippen LogP contribution in [0.25, 0.3) is 0 Å². The van der Waals surface area contributed by atoms with Crippen molar-refractivity contribution in [1.29, 1.82) is 0 Å². The second kappa shape index (κ2) is 4.89. The number of nitrogens with two attached hydrogens (primary N) is 1. The molecule has 2 aliphatic rings. The first-order chi connectivity index (χ1) is 9.04. The Labute approximate surface area is 120 Å². The molecule has 0 saturated heterocycles. The standard InChI is InChI=1S/C12H14Cl2N4O/c13-7-4-8(18-12(14)16-7)17-11(19)9-5-1-2-6(3-5)10(9)15/h4-6,9-10H,1-3,15H2,(H,16,17,18,19). The van der Waals surface area contributed by atoms with Crippen LogP contribution in [0.3, 0.4) is 0 Å². The van der Waals surface area contributed by atoms with Gasteiger partial charge >= 0.3 is 0 Å². The van der Waals surface area contributed by atoms with Crippen LogP contribution in [0.4, 0.5) is 5.82 Å². The number of anilines is 1. The number of aromatic nitrogens is 2. The molecule has 1 aromatic rings. The highest BCUT2D eigenvalue weighted by atomic mass is 35.5. The molecule has 3 N–H and O–H groups in total. The van der Waals surface area contributed by atoms with Crippen molar-refractivity contribution >= 4 is 34.9 Å². The van der Waals surface area contributed by atoms with Gasteiger partial charge in [0.15, 0.2) is 0 Å². The van der Waals surface area contributed by atoms with Gasteiger partial charge in [0.05, 0.1) is 5.92 Å². The van der Waals surface area contributed by atoms with Crippen molar-refractivity contribution in [2.75, 3.05) is 5.32 Å². The summed E-state index contributed by atoms with van der Waals surface area (Å²) in [4.78, 5) is 20.0.